The van der Waals surface area contributed by atoms with Gasteiger partial charge in [-0.25, -0.2) is 0 Å². The van der Waals surface area contributed by atoms with Crippen molar-refractivity contribution in [3.63, 3.8) is 0 Å². The molecule has 1 heterocycles. The topological polar surface area (TPSA) is 152 Å². The van der Waals surface area contributed by atoms with Crippen molar-refractivity contribution < 1.29 is 49.0 Å². The molecule has 0 aromatic carbocycles. The highest BCUT2D eigenvalue weighted by atomic mass is 16.7. The van der Waals surface area contributed by atoms with Gasteiger partial charge in [0, 0.05) is 12.8 Å². The van der Waals surface area contributed by atoms with Crippen molar-refractivity contribution in [3.8, 4) is 0 Å². The predicted octanol–water partition coefficient (Wildman–Crippen LogP) is 4.98. The summed E-state index contributed by atoms with van der Waals surface area (Å²) in [5.41, 5.74) is 0. The van der Waals surface area contributed by atoms with Gasteiger partial charge in [0.15, 0.2) is 12.4 Å². The van der Waals surface area contributed by atoms with E-state index in [1.165, 1.54) is 6.42 Å². The lowest BCUT2D eigenvalue weighted by molar-refractivity contribution is -0.305. The third-order valence-electron chi connectivity index (χ3n) is 7.27. The number of esters is 2. The van der Waals surface area contributed by atoms with E-state index in [0.29, 0.717) is 12.8 Å². The molecule has 0 aromatic heterocycles. The fourth-order valence-corrected chi connectivity index (χ4v) is 4.55. The first-order chi connectivity index (χ1) is 21.8. The Labute approximate surface area is 269 Å². The second-order valence-corrected chi connectivity index (χ2v) is 11.3. The quantitative estimate of drug-likeness (QED) is 0.0466. The highest BCUT2D eigenvalue weighted by molar-refractivity contribution is 5.70. The van der Waals surface area contributed by atoms with Gasteiger partial charge >= 0.3 is 11.9 Å². The first-order valence-corrected chi connectivity index (χ1v) is 16.7. The van der Waals surface area contributed by atoms with E-state index in [0.717, 1.165) is 57.8 Å². The second kappa shape index (κ2) is 26.8. The zero-order chi connectivity index (χ0) is 33.1. The minimum atomic E-state index is -1.60. The maximum Gasteiger partial charge on any atom is 0.306 e. The summed E-state index contributed by atoms with van der Waals surface area (Å²) in [5, 5.41) is 39.7. The Bertz CT molecular complexity index is 882. The summed E-state index contributed by atoms with van der Waals surface area (Å²) in [4.78, 5) is 24.9. The zero-order valence-corrected chi connectivity index (χ0v) is 27.3. The van der Waals surface area contributed by atoms with E-state index >= 15 is 0 Å². The van der Waals surface area contributed by atoms with Crippen LogP contribution < -0.4 is 0 Å². The number of aliphatic hydroxyl groups excluding tert-OH is 4. The van der Waals surface area contributed by atoms with Crippen LogP contribution in [0.15, 0.2) is 48.6 Å². The average Bonchev–Trinajstić information content (AvgIpc) is 3.03. The molecule has 0 saturated carbocycles. The molecule has 6 atom stereocenters. The molecule has 10 heteroatoms. The molecule has 1 saturated heterocycles. The summed E-state index contributed by atoms with van der Waals surface area (Å²) in [6.07, 6.45) is 20.2. The Morgan fingerprint density at radius 2 is 1.38 bits per heavy atom. The molecule has 0 bridgehead atoms. The number of allylic oxidation sites excluding steroid dienone is 8. The van der Waals surface area contributed by atoms with Crippen molar-refractivity contribution in [2.75, 3.05) is 19.8 Å². The molecule has 0 radical (unpaired) electrons. The van der Waals surface area contributed by atoms with Gasteiger partial charge in [0.2, 0.25) is 0 Å². The summed E-state index contributed by atoms with van der Waals surface area (Å²) in [6, 6.07) is 0. The SMILES string of the molecule is CC/C=C/C=C/C=C/CCCCCCCC(=O)OC(COC(=O)CC/C=C/CCCCC)CO[C@H]1O[C@@H](CO)[C@@H](O)C(O)C1O. The Hall–Kier alpha value is -2.34. The number of rotatable bonds is 25. The maximum absolute atomic E-state index is 12.6. The predicted molar refractivity (Wildman–Crippen MR) is 173 cm³/mol. The fraction of sp³-hybridized carbons (Fsp3) is 0.714. The van der Waals surface area contributed by atoms with Crippen molar-refractivity contribution in [2.45, 2.75) is 141 Å². The van der Waals surface area contributed by atoms with Crippen molar-refractivity contribution in [2.24, 2.45) is 0 Å². The van der Waals surface area contributed by atoms with Crippen molar-refractivity contribution >= 4 is 11.9 Å². The van der Waals surface area contributed by atoms with Gasteiger partial charge in [0.25, 0.3) is 0 Å². The molecule has 1 rings (SSSR count). The van der Waals surface area contributed by atoms with Gasteiger partial charge in [0.1, 0.15) is 31.0 Å². The molecule has 1 aliphatic rings. The number of ether oxygens (including phenoxy) is 4. The molecular formula is C35H58O10. The number of aliphatic hydroxyl groups is 4. The molecule has 10 nitrogen and oxygen atoms in total. The molecular weight excluding hydrogens is 580 g/mol. The summed E-state index contributed by atoms with van der Waals surface area (Å²) in [7, 11) is 0. The molecule has 0 amide bonds. The largest absolute Gasteiger partial charge is 0.462 e. The van der Waals surface area contributed by atoms with E-state index in [4.69, 9.17) is 18.9 Å². The lowest BCUT2D eigenvalue weighted by atomic mass is 9.99. The molecule has 0 spiro atoms. The van der Waals surface area contributed by atoms with E-state index in [-0.39, 0.29) is 26.1 Å². The number of carbonyl (C=O) groups excluding carboxylic acids is 2. The van der Waals surface area contributed by atoms with Crippen LogP contribution in [0, 0.1) is 0 Å². The standard InChI is InChI=1S/C35H58O10/c1-3-5-7-9-11-12-13-14-15-16-18-20-22-24-31(38)44-28(26-42-30(37)23-21-19-17-10-8-6-4-2)27-43-35-34(41)33(40)32(39)29(25-36)45-35/h5,7,9,11-13,17,19,28-29,32-36,39-41H,3-4,6,8,10,14-16,18,20-27H2,1-2H3/b7-5+,11-9+,13-12+,19-17+/t28?,29-,32+,33?,34?,35-/m0/s1. The van der Waals surface area contributed by atoms with Crippen LogP contribution >= 0.6 is 0 Å². The molecule has 0 aliphatic carbocycles. The Balaban J connectivity index is 2.49. The van der Waals surface area contributed by atoms with Gasteiger partial charge in [-0.2, -0.15) is 0 Å². The van der Waals surface area contributed by atoms with E-state index in [9.17, 15) is 30.0 Å². The van der Waals surface area contributed by atoms with E-state index in [1.807, 2.05) is 24.3 Å². The first kappa shape index (κ1) is 40.7. The van der Waals surface area contributed by atoms with Gasteiger partial charge in [-0.15, -0.1) is 0 Å². The third kappa shape index (κ3) is 19.7. The number of carbonyl (C=O) groups is 2. The van der Waals surface area contributed by atoms with E-state index < -0.39 is 55.4 Å². The normalized spacial score (nSPS) is 23.0. The summed E-state index contributed by atoms with van der Waals surface area (Å²) in [5.74, 6) is -0.906. The van der Waals surface area contributed by atoms with Gasteiger partial charge in [-0.1, -0.05) is 94.6 Å². The minimum Gasteiger partial charge on any atom is -0.462 e. The van der Waals surface area contributed by atoms with Gasteiger partial charge in [-0.3, -0.25) is 9.59 Å². The fourth-order valence-electron chi connectivity index (χ4n) is 4.55. The zero-order valence-electron chi connectivity index (χ0n) is 27.3. The number of hydrogen-bond donors (Lipinski definition) is 4. The summed E-state index contributed by atoms with van der Waals surface area (Å²) >= 11 is 0. The van der Waals surface area contributed by atoms with Gasteiger partial charge in [0.05, 0.1) is 13.2 Å². The number of hydrogen-bond acceptors (Lipinski definition) is 10. The first-order valence-electron chi connectivity index (χ1n) is 16.7. The lowest BCUT2D eigenvalue weighted by Gasteiger charge is -2.39. The smallest absolute Gasteiger partial charge is 0.306 e. The molecule has 45 heavy (non-hydrogen) atoms. The van der Waals surface area contributed by atoms with Crippen LogP contribution in [0.2, 0.25) is 0 Å². The minimum absolute atomic E-state index is 0.182. The molecule has 258 valence electrons. The van der Waals surface area contributed by atoms with Crippen molar-refractivity contribution in [1.82, 2.24) is 0 Å². The maximum atomic E-state index is 12.6. The van der Waals surface area contributed by atoms with Crippen LogP contribution in [0.25, 0.3) is 0 Å². The van der Waals surface area contributed by atoms with Crippen LogP contribution in [-0.4, -0.2) is 89.0 Å². The molecule has 1 aliphatic heterocycles. The molecule has 1 fully saturated rings. The van der Waals surface area contributed by atoms with Crippen LogP contribution in [0.4, 0.5) is 0 Å². The average molecular weight is 639 g/mol. The van der Waals surface area contributed by atoms with Gasteiger partial charge < -0.3 is 39.4 Å². The van der Waals surface area contributed by atoms with Crippen molar-refractivity contribution in [3.05, 3.63) is 48.6 Å². The highest BCUT2D eigenvalue weighted by Crippen LogP contribution is 2.22. The highest BCUT2D eigenvalue weighted by Gasteiger charge is 2.44. The summed E-state index contributed by atoms with van der Waals surface area (Å²) < 4.78 is 21.8. The second-order valence-electron chi connectivity index (χ2n) is 11.3. The molecule has 4 N–H and O–H groups in total. The molecule has 3 unspecified atom stereocenters. The molecule has 0 aromatic rings. The van der Waals surface area contributed by atoms with Gasteiger partial charge in [-0.05, 0) is 44.9 Å². The van der Waals surface area contributed by atoms with E-state index in [2.05, 4.69) is 38.2 Å². The Morgan fingerprint density at radius 1 is 0.711 bits per heavy atom. The Morgan fingerprint density at radius 3 is 2.11 bits per heavy atom. The van der Waals surface area contributed by atoms with Crippen LogP contribution in [0.3, 0.4) is 0 Å². The monoisotopic (exact) mass is 638 g/mol. The van der Waals surface area contributed by atoms with Crippen LogP contribution in [0.1, 0.15) is 104 Å². The summed E-state index contributed by atoms with van der Waals surface area (Å²) in [6.45, 7) is 3.10. The van der Waals surface area contributed by atoms with Crippen LogP contribution in [0.5, 0.6) is 0 Å². The van der Waals surface area contributed by atoms with Crippen LogP contribution in [-0.2, 0) is 28.5 Å². The van der Waals surface area contributed by atoms with E-state index in [1.54, 1.807) is 0 Å². The third-order valence-corrected chi connectivity index (χ3v) is 7.27. The lowest BCUT2D eigenvalue weighted by Crippen LogP contribution is -2.59. The van der Waals surface area contributed by atoms with Crippen molar-refractivity contribution in [1.29, 1.82) is 0 Å². The number of unbranched alkanes of at least 4 members (excludes halogenated alkanes) is 8. The Kier molecular flexibility index (Phi) is 24.3.